The standard InChI is InChI=1S/C25H25FN2O4S.C7H5FO/c26-18-12-10-16(11-13-18)14-28-23(17-6-2-1-3-7-17)24(29)22(25(28)30)20-15-33(31,32)21-9-5-4-8-19(21)27-20;8-7-3-1-6(5-9)2-4-7/h4-5,8-13,15,17,23,27,29H,1-3,6-7,14H2;1-5H/t23-;/m0./s1. The number of para-hydroxylation sites is 1. The highest BCUT2D eigenvalue weighted by molar-refractivity contribution is 7.94. The van der Waals surface area contributed by atoms with Gasteiger partial charge in [0.15, 0.2) is 0 Å². The van der Waals surface area contributed by atoms with Gasteiger partial charge in [0.05, 0.1) is 27.7 Å². The fraction of sp³-hybridized carbons (Fsp3) is 0.250. The molecule has 42 heavy (non-hydrogen) atoms. The Morgan fingerprint density at radius 1 is 0.905 bits per heavy atom. The van der Waals surface area contributed by atoms with E-state index in [1.54, 1.807) is 35.2 Å². The van der Waals surface area contributed by atoms with E-state index in [9.17, 15) is 31.9 Å². The number of benzene rings is 3. The molecule has 7 nitrogen and oxygen atoms in total. The van der Waals surface area contributed by atoms with Crippen molar-refractivity contribution >= 4 is 27.7 Å². The Hall–Kier alpha value is -4.31. The molecule has 0 bridgehead atoms. The van der Waals surface area contributed by atoms with Gasteiger partial charge in [-0.25, -0.2) is 17.2 Å². The van der Waals surface area contributed by atoms with Crippen molar-refractivity contribution in [2.45, 2.75) is 49.6 Å². The van der Waals surface area contributed by atoms with Gasteiger partial charge in [-0.05, 0) is 72.9 Å². The highest BCUT2D eigenvalue weighted by Crippen LogP contribution is 2.41. The summed E-state index contributed by atoms with van der Waals surface area (Å²) in [6, 6.07) is 17.2. The highest BCUT2D eigenvalue weighted by atomic mass is 32.2. The van der Waals surface area contributed by atoms with Crippen molar-refractivity contribution in [3.05, 3.63) is 118 Å². The van der Waals surface area contributed by atoms with Crippen molar-refractivity contribution in [1.82, 2.24) is 4.90 Å². The molecule has 6 rings (SSSR count). The largest absolute Gasteiger partial charge is 0.509 e. The number of hydrogen-bond donors (Lipinski definition) is 2. The molecule has 218 valence electrons. The van der Waals surface area contributed by atoms with Gasteiger partial charge in [-0.15, -0.1) is 0 Å². The van der Waals surface area contributed by atoms with Crippen molar-refractivity contribution in [2.24, 2.45) is 5.92 Å². The summed E-state index contributed by atoms with van der Waals surface area (Å²) < 4.78 is 51.2. The molecular weight excluding hydrogens is 562 g/mol. The molecule has 3 aliphatic rings. The summed E-state index contributed by atoms with van der Waals surface area (Å²) in [6.45, 7) is 0.199. The van der Waals surface area contributed by atoms with E-state index >= 15 is 0 Å². The van der Waals surface area contributed by atoms with E-state index in [2.05, 4.69) is 5.32 Å². The van der Waals surface area contributed by atoms with Gasteiger partial charge in [-0.2, -0.15) is 0 Å². The van der Waals surface area contributed by atoms with Crippen molar-refractivity contribution in [2.75, 3.05) is 5.32 Å². The van der Waals surface area contributed by atoms with E-state index in [0.717, 1.165) is 43.1 Å². The fourth-order valence-corrected chi connectivity index (χ4v) is 6.99. The summed E-state index contributed by atoms with van der Waals surface area (Å²) in [5.41, 5.74) is 1.68. The second-order valence-electron chi connectivity index (χ2n) is 10.5. The van der Waals surface area contributed by atoms with Crippen molar-refractivity contribution in [3.63, 3.8) is 0 Å². The average molecular weight is 593 g/mol. The van der Waals surface area contributed by atoms with Gasteiger partial charge in [0.25, 0.3) is 5.91 Å². The van der Waals surface area contributed by atoms with Crippen LogP contribution in [0.2, 0.25) is 0 Å². The van der Waals surface area contributed by atoms with Crippen LogP contribution < -0.4 is 5.32 Å². The summed E-state index contributed by atoms with van der Waals surface area (Å²) in [7, 11) is -3.78. The third-order valence-electron chi connectivity index (χ3n) is 7.72. The second-order valence-corrected chi connectivity index (χ2v) is 12.3. The molecule has 0 radical (unpaired) electrons. The van der Waals surface area contributed by atoms with Crippen molar-refractivity contribution in [1.29, 1.82) is 0 Å². The van der Waals surface area contributed by atoms with Gasteiger partial charge >= 0.3 is 0 Å². The fourth-order valence-electron chi connectivity index (χ4n) is 5.69. The topological polar surface area (TPSA) is 104 Å². The number of fused-ring (bicyclic) bond motifs is 1. The minimum atomic E-state index is -3.78. The lowest BCUT2D eigenvalue weighted by molar-refractivity contribution is -0.128. The molecule has 0 unspecified atom stereocenters. The van der Waals surface area contributed by atoms with Crippen LogP contribution in [0.1, 0.15) is 48.0 Å². The van der Waals surface area contributed by atoms with E-state index in [1.165, 1.54) is 42.5 Å². The Bertz CT molecular complexity index is 1640. The molecule has 1 amide bonds. The van der Waals surface area contributed by atoms with Gasteiger partial charge < -0.3 is 15.3 Å². The van der Waals surface area contributed by atoms with Gasteiger partial charge in [0.1, 0.15) is 29.3 Å². The molecule has 1 saturated carbocycles. The first kappa shape index (κ1) is 29.2. The number of aldehydes is 1. The molecule has 2 N–H and O–H groups in total. The molecule has 1 aliphatic carbocycles. The van der Waals surface area contributed by atoms with Gasteiger partial charge in [-0.3, -0.25) is 9.59 Å². The summed E-state index contributed by atoms with van der Waals surface area (Å²) in [5, 5.41) is 15.4. The number of nitrogens with zero attached hydrogens (tertiary/aromatic N) is 1. The Balaban J connectivity index is 0.000000336. The first-order valence-electron chi connectivity index (χ1n) is 13.7. The van der Waals surface area contributed by atoms with E-state index in [4.69, 9.17) is 0 Å². The molecular formula is C32H30F2N2O5S. The number of nitrogens with one attached hydrogen (secondary N) is 1. The molecule has 1 atom stereocenters. The number of anilines is 1. The number of carbonyl (C=O) groups is 2. The zero-order chi connectivity index (χ0) is 29.9. The molecule has 10 heteroatoms. The van der Waals surface area contributed by atoms with Crippen LogP contribution in [0.25, 0.3) is 0 Å². The molecule has 0 saturated heterocycles. The highest BCUT2D eigenvalue weighted by Gasteiger charge is 2.46. The molecule has 1 fully saturated rings. The third kappa shape index (κ3) is 6.13. The summed E-state index contributed by atoms with van der Waals surface area (Å²) in [6.07, 6.45) is 5.59. The monoisotopic (exact) mass is 592 g/mol. The van der Waals surface area contributed by atoms with E-state index in [1.807, 2.05) is 0 Å². The number of halogens is 2. The first-order chi connectivity index (χ1) is 20.2. The maximum Gasteiger partial charge on any atom is 0.260 e. The maximum atomic E-state index is 13.6. The molecule has 0 spiro atoms. The number of aliphatic hydroxyl groups is 1. The van der Waals surface area contributed by atoms with Crippen LogP contribution in [0.5, 0.6) is 0 Å². The van der Waals surface area contributed by atoms with Gasteiger partial charge in [-0.1, -0.05) is 43.5 Å². The van der Waals surface area contributed by atoms with Crippen LogP contribution >= 0.6 is 0 Å². The third-order valence-corrected chi connectivity index (χ3v) is 9.24. The molecule has 3 aromatic rings. The lowest BCUT2D eigenvalue weighted by Gasteiger charge is -2.34. The van der Waals surface area contributed by atoms with Crippen LogP contribution in [0.15, 0.2) is 100 Å². The number of rotatable bonds is 5. The Morgan fingerprint density at radius 3 is 2.17 bits per heavy atom. The zero-order valence-corrected chi connectivity index (χ0v) is 23.5. The summed E-state index contributed by atoms with van der Waals surface area (Å²) in [4.78, 5) is 25.3. The summed E-state index contributed by atoms with van der Waals surface area (Å²) >= 11 is 0. The number of sulfone groups is 1. The lowest BCUT2D eigenvalue weighted by atomic mass is 9.83. The van der Waals surface area contributed by atoms with Crippen LogP contribution in [0.3, 0.4) is 0 Å². The Morgan fingerprint density at radius 2 is 1.52 bits per heavy atom. The smallest absolute Gasteiger partial charge is 0.260 e. The normalized spacial score (nSPS) is 19.8. The summed E-state index contributed by atoms with van der Waals surface area (Å²) in [5.74, 6) is -1.13. The minimum absolute atomic E-state index is 0.00855. The predicted octanol–water partition coefficient (Wildman–Crippen LogP) is 6.31. The minimum Gasteiger partial charge on any atom is -0.509 e. The SMILES string of the molecule is O=C1C(C2=CS(=O)(=O)c3ccccc3N2)=C(O)[C@H](C2CCCCC2)N1Cc1ccc(F)cc1.O=Cc1ccc(F)cc1. The average Bonchev–Trinajstić information content (AvgIpc) is 3.23. The molecule has 0 aromatic heterocycles. The Labute approximate surface area is 243 Å². The van der Waals surface area contributed by atoms with Crippen LogP contribution in [-0.4, -0.2) is 36.7 Å². The number of amides is 1. The zero-order valence-electron chi connectivity index (χ0n) is 22.7. The van der Waals surface area contributed by atoms with Gasteiger partial charge in [0, 0.05) is 12.1 Å². The van der Waals surface area contributed by atoms with Crippen LogP contribution in [0, 0.1) is 17.6 Å². The van der Waals surface area contributed by atoms with Crippen molar-refractivity contribution < 1.29 is 31.9 Å². The molecule has 2 heterocycles. The van der Waals surface area contributed by atoms with Crippen molar-refractivity contribution in [3.8, 4) is 0 Å². The van der Waals surface area contributed by atoms with E-state index < -0.39 is 21.8 Å². The predicted molar refractivity (Wildman–Crippen MR) is 154 cm³/mol. The number of hydrogen-bond acceptors (Lipinski definition) is 6. The molecule has 2 aliphatic heterocycles. The van der Waals surface area contributed by atoms with Gasteiger partial charge in [0.2, 0.25) is 9.84 Å². The second kappa shape index (κ2) is 12.3. The quantitative estimate of drug-likeness (QED) is 0.337. The van der Waals surface area contributed by atoms with Crippen LogP contribution in [0.4, 0.5) is 14.5 Å². The first-order valence-corrected chi connectivity index (χ1v) is 15.2. The van der Waals surface area contributed by atoms with E-state index in [0.29, 0.717) is 17.5 Å². The maximum absolute atomic E-state index is 13.6. The number of aliphatic hydroxyl groups excluding tert-OH is 1. The number of carbonyl (C=O) groups excluding carboxylic acids is 2. The molecule has 3 aromatic carbocycles. The van der Waals surface area contributed by atoms with E-state index in [-0.39, 0.29) is 46.0 Å². The van der Waals surface area contributed by atoms with Crippen LogP contribution in [-0.2, 0) is 21.2 Å². The lowest BCUT2D eigenvalue weighted by Crippen LogP contribution is -2.41. The Kier molecular flexibility index (Phi) is 8.54.